The molecule has 5 nitrogen and oxygen atoms in total. The third kappa shape index (κ3) is 3.45. The number of rotatable bonds is 3. The number of carbonyl (C=O) groups excluding carboxylic acids is 1. The number of hydrogen-bond donors (Lipinski definition) is 3. The van der Waals surface area contributed by atoms with Crippen molar-refractivity contribution in [3.05, 3.63) is 24.3 Å². The van der Waals surface area contributed by atoms with E-state index in [-0.39, 0.29) is 12.0 Å². The van der Waals surface area contributed by atoms with Crippen LogP contribution in [0, 0.1) is 0 Å². The molecule has 98 valence electrons. The van der Waals surface area contributed by atoms with Gasteiger partial charge in [-0.05, 0) is 31.5 Å². The second-order valence-electron chi connectivity index (χ2n) is 4.67. The molecule has 1 aromatic rings. The number of β-amino-alcohol motifs (C(OH)–C–C–N with tert-alkyl or cyclic N) is 1. The highest BCUT2D eigenvalue weighted by Crippen LogP contribution is 2.17. The summed E-state index contributed by atoms with van der Waals surface area (Å²) in [5.74, 6) is -0.0954. The quantitative estimate of drug-likeness (QED) is 0.688. The van der Waals surface area contributed by atoms with Gasteiger partial charge in [-0.2, -0.15) is 0 Å². The lowest BCUT2D eigenvalue weighted by atomic mass is 10.1. The first-order chi connectivity index (χ1) is 8.65. The van der Waals surface area contributed by atoms with Crippen molar-refractivity contribution < 1.29 is 9.90 Å². The maximum atomic E-state index is 11.8. The van der Waals surface area contributed by atoms with E-state index < -0.39 is 0 Å². The topological polar surface area (TPSA) is 78.6 Å². The average molecular weight is 249 g/mol. The molecule has 0 radical (unpaired) electrons. The molecule has 0 bridgehead atoms. The van der Waals surface area contributed by atoms with Crippen molar-refractivity contribution in [1.29, 1.82) is 0 Å². The summed E-state index contributed by atoms with van der Waals surface area (Å²) < 4.78 is 0. The van der Waals surface area contributed by atoms with Crippen molar-refractivity contribution in [2.45, 2.75) is 18.9 Å². The van der Waals surface area contributed by atoms with Gasteiger partial charge in [-0.25, -0.2) is 0 Å². The third-order valence-electron chi connectivity index (χ3n) is 3.08. The van der Waals surface area contributed by atoms with E-state index in [0.29, 0.717) is 24.5 Å². The van der Waals surface area contributed by atoms with Gasteiger partial charge in [0.2, 0.25) is 5.91 Å². The number of carbonyl (C=O) groups is 1. The molecule has 0 aromatic heterocycles. The first kappa shape index (κ1) is 12.9. The number of piperidine rings is 1. The van der Waals surface area contributed by atoms with Crippen LogP contribution in [-0.4, -0.2) is 41.7 Å². The zero-order valence-corrected chi connectivity index (χ0v) is 10.3. The van der Waals surface area contributed by atoms with E-state index in [1.165, 1.54) is 0 Å². The number of likely N-dealkylation sites (tertiary alicyclic amines) is 1. The normalized spacial score (nSPS) is 20.6. The van der Waals surface area contributed by atoms with E-state index >= 15 is 0 Å². The van der Waals surface area contributed by atoms with Crippen molar-refractivity contribution in [1.82, 2.24) is 4.90 Å². The van der Waals surface area contributed by atoms with E-state index in [9.17, 15) is 9.90 Å². The molecule has 5 heteroatoms. The molecule has 2 rings (SSSR count). The molecule has 1 amide bonds. The Bertz CT molecular complexity index is 422. The smallest absolute Gasteiger partial charge is 0.238 e. The average Bonchev–Trinajstić information content (AvgIpc) is 2.32. The largest absolute Gasteiger partial charge is 0.397 e. The molecule has 18 heavy (non-hydrogen) atoms. The Balaban J connectivity index is 1.87. The predicted molar refractivity (Wildman–Crippen MR) is 71.2 cm³/mol. The molecule has 1 unspecified atom stereocenters. The van der Waals surface area contributed by atoms with E-state index in [1.807, 2.05) is 17.0 Å². The molecular weight excluding hydrogens is 230 g/mol. The van der Waals surface area contributed by atoms with Gasteiger partial charge in [0.05, 0.1) is 24.0 Å². The fourth-order valence-corrected chi connectivity index (χ4v) is 2.18. The van der Waals surface area contributed by atoms with Gasteiger partial charge in [-0.15, -0.1) is 0 Å². The summed E-state index contributed by atoms with van der Waals surface area (Å²) in [6.07, 6.45) is 1.44. The number of para-hydroxylation sites is 2. The molecular formula is C13H19N3O2. The number of amides is 1. The Hall–Kier alpha value is -1.59. The second kappa shape index (κ2) is 5.84. The molecule has 1 aliphatic heterocycles. The summed E-state index contributed by atoms with van der Waals surface area (Å²) in [4.78, 5) is 13.8. The zero-order chi connectivity index (χ0) is 13.0. The maximum Gasteiger partial charge on any atom is 0.238 e. The van der Waals surface area contributed by atoms with E-state index in [1.54, 1.807) is 12.1 Å². The Kier molecular flexibility index (Phi) is 4.17. The summed E-state index contributed by atoms with van der Waals surface area (Å²) in [6.45, 7) is 1.72. The number of anilines is 2. The lowest BCUT2D eigenvalue weighted by Crippen LogP contribution is -2.42. The van der Waals surface area contributed by atoms with E-state index in [0.717, 1.165) is 19.4 Å². The lowest BCUT2D eigenvalue weighted by Gasteiger charge is -2.29. The van der Waals surface area contributed by atoms with Crippen molar-refractivity contribution >= 4 is 17.3 Å². The van der Waals surface area contributed by atoms with Crippen molar-refractivity contribution in [3.8, 4) is 0 Å². The summed E-state index contributed by atoms with van der Waals surface area (Å²) in [7, 11) is 0. The Morgan fingerprint density at radius 3 is 3.00 bits per heavy atom. The van der Waals surface area contributed by atoms with Gasteiger partial charge in [-0.1, -0.05) is 12.1 Å². The monoisotopic (exact) mass is 249 g/mol. The Morgan fingerprint density at radius 2 is 2.28 bits per heavy atom. The number of nitrogens with zero attached hydrogens (tertiary/aromatic N) is 1. The lowest BCUT2D eigenvalue weighted by molar-refractivity contribution is -0.118. The Labute approximate surface area is 107 Å². The highest BCUT2D eigenvalue weighted by molar-refractivity contribution is 5.95. The van der Waals surface area contributed by atoms with E-state index in [2.05, 4.69) is 5.32 Å². The first-order valence-electron chi connectivity index (χ1n) is 6.20. The van der Waals surface area contributed by atoms with E-state index in [4.69, 9.17) is 5.73 Å². The SMILES string of the molecule is Nc1ccccc1NC(=O)CN1CCCC(O)C1. The number of benzene rings is 1. The summed E-state index contributed by atoms with van der Waals surface area (Å²) in [5, 5.41) is 12.3. The summed E-state index contributed by atoms with van der Waals surface area (Å²) >= 11 is 0. The number of nitrogen functional groups attached to an aromatic ring is 1. The first-order valence-corrected chi connectivity index (χ1v) is 6.20. The van der Waals surface area contributed by atoms with Crippen LogP contribution in [0.25, 0.3) is 0 Å². The van der Waals surface area contributed by atoms with Gasteiger partial charge in [0.1, 0.15) is 0 Å². The van der Waals surface area contributed by atoms with Gasteiger partial charge in [0.15, 0.2) is 0 Å². The van der Waals surface area contributed by atoms with Crippen molar-refractivity contribution in [2.75, 3.05) is 30.7 Å². The van der Waals surface area contributed by atoms with Gasteiger partial charge in [0, 0.05) is 6.54 Å². The number of aliphatic hydroxyl groups excluding tert-OH is 1. The van der Waals surface area contributed by atoms with Crippen LogP contribution in [0.15, 0.2) is 24.3 Å². The fourth-order valence-electron chi connectivity index (χ4n) is 2.18. The Morgan fingerprint density at radius 1 is 1.50 bits per heavy atom. The van der Waals surface area contributed by atoms with Crippen LogP contribution in [0.3, 0.4) is 0 Å². The molecule has 1 saturated heterocycles. The fraction of sp³-hybridized carbons (Fsp3) is 0.462. The van der Waals surface area contributed by atoms with Gasteiger partial charge in [0.25, 0.3) is 0 Å². The standard InChI is InChI=1S/C13H19N3O2/c14-11-5-1-2-6-12(11)15-13(18)9-16-7-3-4-10(17)8-16/h1-2,5-6,10,17H,3-4,7-9,14H2,(H,15,18). The second-order valence-corrected chi connectivity index (χ2v) is 4.67. The summed E-state index contributed by atoms with van der Waals surface area (Å²) in [5.41, 5.74) is 6.95. The molecule has 1 aliphatic rings. The molecule has 1 atom stereocenters. The molecule has 0 aliphatic carbocycles. The number of nitrogens with two attached hydrogens (primary N) is 1. The zero-order valence-electron chi connectivity index (χ0n) is 10.3. The van der Waals surface area contributed by atoms with Crippen LogP contribution in [0.2, 0.25) is 0 Å². The third-order valence-corrected chi connectivity index (χ3v) is 3.08. The molecule has 1 fully saturated rings. The highest BCUT2D eigenvalue weighted by atomic mass is 16.3. The maximum absolute atomic E-state index is 11.8. The molecule has 0 saturated carbocycles. The molecule has 1 aromatic carbocycles. The number of hydrogen-bond acceptors (Lipinski definition) is 4. The minimum Gasteiger partial charge on any atom is -0.397 e. The van der Waals surface area contributed by atoms with Crippen LogP contribution < -0.4 is 11.1 Å². The molecule has 0 spiro atoms. The van der Waals surface area contributed by atoms with Gasteiger partial charge < -0.3 is 16.2 Å². The number of aliphatic hydroxyl groups is 1. The minimum atomic E-state index is -0.312. The van der Waals surface area contributed by atoms with Crippen molar-refractivity contribution in [2.24, 2.45) is 0 Å². The molecule has 4 N–H and O–H groups in total. The van der Waals surface area contributed by atoms with Crippen LogP contribution >= 0.6 is 0 Å². The van der Waals surface area contributed by atoms with Crippen LogP contribution in [0.1, 0.15) is 12.8 Å². The predicted octanol–water partition coefficient (Wildman–Crippen LogP) is 0.664. The van der Waals surface area contributed by atoms with Crippen molar-refractivity contribution in [3.63, 3.8) is 0 Å². The van der Waals surface area contributed by atoms with Gasteiger partial charge in [-0.3, -0.25) is 9.69 Å². The van der Waals surface area contributed by atoms with Crippen LogP contribution in [0.5, 0.6) is 0 Å². The minimum absolute atomic E-state index is 0.0954. The molecule has 1 heterocycles. The van der Waals surface area contributed by atoms with Crippen LogP contribution in [-0.2, 0) is 4.79 Å². The summed E-state index contributed by atoms with van der Waals surface area (Å²) in [6, 6.07) is 7.18. The van der Waals surface area contributed by atoms with Crippen LogP contribution in [0.4, 0.5) is 11.4 Å². The highest BCUT2D eigenvalue weighted by Gasteiger charge is 2.19. The van der Waals surface area contributed by atoms with Gasteiger partial charge >= 0.3 is 0 Å². The number of nitrogens with one attached hydrogen (secondary N) is 1.